The van der Waals surface area contributed by atoms with E-state index in [4.69, 9.17) is 16.2 Å². The van der Waals surface area contributed by atoms with Crippen LogP contribution in [0.15, 0.2) is 30.3 Å². The molecular formula is C18H24N4O3S. The SMILES string of the molecule is CCN(CC)CCOc1ccc(-c2cc(C(N)=O)c(NC(N)=O)s2)cc1. The number of benzene rings is 1. The van der Waals surface area contributed by atoms with E-state index < -0.39 is 11.9 Å². The van der Waals surface area contributed by atoms with E-state index in [9.17, 15) is 9.59 Å². The molecule has 0 saturated carbocycles. The van der Waals surface area contributed by atoms with Crippen molar-refractivity contribution in [3.63, 3.8) is 0 Å². The second kappa shape index (κ2) is 9.21. The standard InChI is InChI=1S/C18H24N4O3S/c1-3-22(4-2)9-10-25-13-7-5-12(6-8-13)15-11-14(16(19)23)17(26-15)21-18(20)24/h5-8,11H,3-4,9-10H2,1-2H3,(H2,19,23)(H3,20,21,24). The van der Waals surface area contributed by atoms with E-state index in [-0.39, 0.29) is 5.56 Å². The molecule has 1 aromatic carbocycles. The van der Waals surface area contributed by atoms with Crippen LogP contribution in [-0.4, -0.2) is 43.1 Å². The van der Waals surface area contributed by atoms with Crippen LogP contribution in [0.5, 0.6) is 5.75 Å². The van der Waals surface area contributed by atoms with Crippen molar-refractivity contribution >= 4 is 28.3 Å². The summed E-state index contributed by atoms with van der Waals surface area (Å²) in [5, 5.41) is 2.78. The Labute approximate surface area is 156 Å². The lowest BCUT2D eigenvalue weighted by Gasteiger charge is -2.18. The van der Waals surface area contributed by atoms with Crippen LogP contribution in [0.1, 0.15) is 24.2 Å². The number of carbonyl (C=O) groups excluding carboxylic acids is 2. The van der Waals surface area contributed by atoms with E-state index in [0.717, 1.165) is 35.8 Å². The van der Waals surface area contributed by atoms with Crippen LogP contribution in [0.2, 0.25) is 0 Å². The number of hydrogen-bond donors (Lipinski definition) is 3. The lowest BCUT2D eigenvalue weighted by atomic mass is 10.1. The first kappa shape index (κ1) is 19.7. The molecule has 0 atom stereocenters. The van der Waals surface area contributed by atoms with Crippen LogP contribution < -0.4 is 21.5 Å². The van der Waals surface area contributed by atoms with Gasteiger partial charge in [-0.15, -0.1) is 11.3 Å². The summed E-state index contributed by atoms with van der Waals surface area (Å²) in [7, 11) is 0. The van der Waals surface area contributed by atoms with Gasteiger partial charge in [0.1, 0.15) is 17.4 Å². The van der Waals surface area contributed by atoms with Crippen molar-refractivity contribution in [3.05, 3.63) is 35.9 Å². The predicted molar refractivity (Wildman–Crippen MR) is 105 cm³/mol. The number of urea groups is 1. The van der Waals surface area contributed by atoms with Crippen molar-refractivity contribution < 1.29 is 14.3 Å². The molecular weight excluding hydrogens is 352 g/mol. The Bertz CT molecular complexity index is 754. The van der Waals surface area contributed by atoms with Crippen LogP contribution in [-0.2, 0) is 0 Å². The van der Waals surface area contributed by atoms with Gasteiger partial charge < -0.3 is 21.1 Å². The highest BCUT2D eigenvalue weighted by atomic mass is 32.1. The molecule has 26 heavy (non-hydrogen) atoms. The summed E-state index contributed by atoms with van der Waals surface area (Å²) < 4.78 is 5.76. The monoisotopic (exact) mass is 376 g/mol. The van der Waals surface area contributed by atoms with Crippen LogP contribution in [0.3, 0.4) is 0 Å². The van der Waals surface area contributed by atoms with Gasteiger partial charge in [-0.2, -0.15) is 0 Å². The number of nitrogens with two attached hydrogens (primary N) is 2. The number of primary amides is 2. The van der Waals surface area contributed by atoms with Gasteiger partial charge in [0.2, 0.25) is 0 Å². The van der Waals surface area contributed by atoms with Crippen molar-refractivity contribution in [1.29, 1.82) is 0 Å². The average molecular weight is 376 g/mol. The number of carbonyl (C=O) groups is 2. The molecule has 0 unspecified atom stereocenters. The number of hydrogen-bond acceptors (Lipinski definition) is 5. The Morgan fingerprint density at radius 3 is 2.35 bits per heavy atom. The third-order valence-electron chi connectivity index (χ3n) is 3.94. The minimum Gasteiger partial charge on any atom is -0.492 e. The normalized spacial score (nSPS) is 10.7. The van der Waals surface area contributed by atoms with Crippen LogP contribution >= 0.6 is 11.3 Å². The second-order valence-electron chi connectivity index (χ2n) is 5.61. The highest BCUT2D eigenvalue weighted by Crippen LogP contribution is 2.35. The molecule has 2 aromatic rings. The van der Waals surface area contributed by atoms with Gasteiger partial charge in [-0.3, -0.25) is 10.1 Å². The summed E-state index contributed by atoms with van der Waals surface area (Å²) >= 11 is 1.24. The molecule has 1 heterocycles. The molecule has 0 aliphatic carbocycles. The van der Waals surface area contributed by atoms with E-state index >= 15 is 0 Å². The van der Waals surface area contributed by atoms with Gasteiger partial charge in [-0.1, -0.05) is 13.8 Å². The van der Waals surface area contributed by atoms with E-state index in [1.54, 1.807) is 6.07 Å². The molecule has 5 N–H and O–H groups in total. The van der Waals surface area contributed by atoms with Gasteiger partial charge >= 0.3 is 6.03 Å². The quantitative estimate of drug-likeness (QED) is 0.625. The fourth-order valence-electron chi connectivity index (χ4n) is 2.47. The average Bonchev–Trinajstić information content (AvgIpc) is 3.02. The molecule has 7 nitrogen and oxygen atoms in total. The van der Waals surface area contributed by atoms with Gasteiger partial charge in [0, 0.05) is 11.4 Å². The third-order valence-corrected chi connectivity index (χ3v) is 5.04. The maximum atomic E-state index is 11.5. The number of amides is 3. The molecule has 0 saturated heterocycles. The second-order valence-corrected chi connectivity index (χ2v) is 6.66. The van der Waals surface area contributed by atoms with Gasteiger partial charge in [-0.25, -0.2) is 4.79 Å². The highest BCUT2D eigenvalue weighted by Gasteiger charge is 2.16. The maximum Gasteiger partial charge on any atom is 0.317 e. The van der Waals surface area contributed by atoms with Gasteiger partial charge in [0.25, 0.3) is 5.91 Å². The fraction of sp³-hybridized carbons (Fsp3) is 0.333. The zero-order chi connectivity index (χ0) is 19.1. The minimum absolute atomic E-state index is 0.239. The van der Waals surface area contributed by atoms with Gasteiger partial charge in [-0.05, 0) is 49.0 Å². The number of thiophene rings is 1. The number of nitrogens with zero attached hydrogens (tertiary/aromatic N) is 1. The first-order chi connectivity index (χ1) is 12.4. The number of anilines is 1. The van der Waals surface area contributed by atoms with Crippen molar-refractivity contribution in [2.75, 3.05) is 31.6 Å². The predicted octanol–water partition coefficient (Wildman–Crippen LogP) is 2.73. The molecule has 0 radical (unpaired) electrons. The summed E-state index contributed by atoms with van der Waals surface area (Å²) in [6.07, 6.45) is 0. The van der Waals surface area contributed by atoms with Crippen molar-refractivity contribution in [3.8, 4) is 16.2 Å². The summed E-state index contributed by atoms with van der Waals surface area (Å²) in [5.74, 6) is 0.163. The zero-order valence-electron chi connectivity index (χ0n) is 15.0. The number of rotatable bonds is 9. The lowest BCUT2D eigenvalue weighted by molar-refractivity contribution is 0.100. The topological polar surface area (TPSA) is 111 Å². The minimum atomic E-state index is -0.738. The number of likely N-dealkylation sites (N-methyl/N-ethyl adjacent to an activating group) is 1. The fourth-order valence-corrected chi connectivity index (χ4v) is 3.54. The first-order valence-electron chi connectivity index (χ1n) is 8.40. The van der Waals surface area contributed by atoms with E-state index in [2.05, 4.69) is 24.1 Å². The number of ether oxygens (including phenoxy) is 1. The Balaban J connectivity index is 2.08. The zero-order valence-corrected chi connectivity index (χ0v) is 15.8. The van der Waals surface area contributed by atoms with Crippen molar-refractivity contribution in [1.82, 2.24) is 4.90 Å². The van der Waals surface area contributed by atoms with E-state index in [1.807, 2.05) is 24.3 Å². The van der Waals surface area contributed by atoms with Crippen molar-refractivity contribution in [2.24, 2.45) is 11.5 Å². The molecule has 0 spiro atoms. The summed E-state index contributed by atoms with van der Waals surface area (Å²) in [4.78, 5) is 25.7. The van der Waals surface area contributed by atoms with Crippen LogP contribution in [0.25, 0.3) is 10.4 Å². The molecule has 0 aliphatic heterocycles. The molecule has 0 bridgehead atoms. The largest absolute Gasteiger partial charge is 0.492 e. The molecule has 140 valence electrons. The van der Waals surface area contributed by atoms with Gasteiger partial charge in [0.05, 0.1) is 5.56 Å². The maximum absolute atomic E-state index is 11.5. The van der Waals surface area contributed by atoms with Gasteiger partial charge in [0.15, 0.2) is 0 Å². The molecule has 8 heteroatoms. The lowest BCUT2D eigenvalue weighted by Crippen LogP contribution is -2.27. The van der Waals surface area contributed by atoms with Crippen molar-refractivity contribution in [2.45, 2.75) is 13.8 Å². The third kappa shape index (κ3) is 5.21. The van der Waals surface area contributed by atoms with E-state index in [0.29, 0.717) is 11.6 Å². The van der Waals surface area contributed by atoms with Crippen LogP contribution in [0.4, 0.5) is 9.80 Å². The molecule has 3 amide bonds. The molecule has 2 rings (SSSR count). The first-order valence-corrected chi connectivity index (χ1v) is 9.21. The Kier molecular flexibility index (Phi) is 6.99. The highest BCUT2D eigenvalue weighted by molar-refractivity contribution is 7.20. The summed E-state index contributed by atoms with van der Waals surface area (Å²) in [6.45, 7) is 7.76. The Hall–Kier alpha value is -2.58. The molecule has 0 aliphatic rings. The smallest absolute Gasteiger partial charge is 0.317 e. The van der Waals surface area contributed by atoms with E-state index in [1.165, 1.54) is 11.3 Å². The van der Waals surface area contributed by atoms with Crippen LogP contribution in [0, 0.1) is 0 Å². The molecule has 0 fully saturated rings. The Morgan fingerprint density at radius 1 is 1.15 bits per heavy atom. The number of nitrogens with one attached hydrogen (secondary N) is 1. The Morgan fingerprint density at radius 2 is 1.81 bits per heavy atom. The summed E-state index contributed by atoms with van der Waals surface area (Å²) in [6, 6.07) is 8.46. The summed E-state index contributed by atoms with van der Waals surface area (Å²) in [5.41, 5.74) is 11.6. The molecule has 1 aromatic heterocycles.